The molecule has 0 rings (SSSR count). The highest BCUT2D eigenvalue weighted by Crippen LogP contribution is 2.25. The van der Waals surface area contributed by atoms with Crippen molar-refractivity contribution in [2.75, 3.05) is 13.2 Å². The molecule has 0 amide bonds. The lowest BCUT2D eigenvalue weighted by atomic mass is 9.88. The first-order valence-corrected chi connectivity index (χ1v) is 5.56. The fourth-order valence-corrected chi connectivity index (χ4v) is 0.926. The fourth-order valence-electron chi connectivity index (χ4n) is 0.926. The normalized spacial score (nSPS) is 14.7. The van der Waals surface area contributed by atoms with Crippen molar-refractivity contribution in [3.63, 3.8) is 0 Å². The summed E-state index contributed by atoms with van der Waals surface area (Å²) >= 11 is 0. The molecule has 0 heterocycles. The molecule has 0 saturated heterocycles. The molecule has 4 nitrogen and oxygen atoms in total. The summed E-state index contributed by atoms with van der Waals surface area (Å²) in [5.74, 6) is -0.381. The molecule has 0 fully saturated rings. The first-order valence-electron chi connectivity index (χ1n) is 5.56. The van der Waals surface area contributed by atoms with Gasteiger partial charge in [-0.2, -0.15) is 0 Å². The van der Waals surface area contributed by atoms with Gasteiger partial charge in [0.25, 0.3) is 0 Å². The van der Waals surface area contributed by atoms with Crippen LogP contribution in [0.5, 0.6) is 0 Å². The van der Waals surface area contributed by atoms with Crippen molar-refractivity contribution in [1.82, 2.24) is 0 Å². The maximum atomic E-state index is 11.6. The van der Waals surface area contributed by atoms with E-state index in [1.807, 2.05) is 27.7 Å². The van der Waals surface area contributed by atoms with Crippen molar-refractivity contribution in [3.05, 3.63) is 0 Å². The molecule has 1 atom stereocenters. The Morgan fingerprint density at radius 3 is 1.94 bits per heavy atom. The number of aliphatic hydroxyl groups is 2. The highest BCUT2D eigenvalue weighted by molar-refractivity contribution is 5.70. The zero-order chi connectivity index (χ0) is 13.0. The Bertz CT molecular complexity index is 226. The number of carbonyl (C=O) groups excluding carboxylic acids is 1. The second kappa shape index (κ2) is 5.64. The molecule has 0 saturated carbocycles. The predicted molar refractivity (Wildman–Crippen MR) is 61.9 cm³/mol. The fraction of sp³-hybridized carbons (Fsp3) is 0.917. The number of esters is 1. The molecule has 4 heteroatoms. The van der Waals surface area contributed by atoms with Crippen molar-refractivity contribution >= 4 is 5.97 Å². The monoisotopic (exact) mass is 232 g/mol. The number of carbonyl (C=O) groups is 1. The highest BCUT2D eigenvalue weighted by Gasteiger charge is 2.30. The van der Waals surface area contributed by atoms with E-state index in [2.05, 4.69) is 0 Å². The SMILES string of the molecule is C[C@@H](OC(=O)CC(C)(CO)CO)C(C)(C)C. The molecule has 0 unspecified atom stereocenters. The zero-order valence-corrected chi connectivity index (χ0v) is 10.9. The number of hydrogen-bond donors (Lipinski definition) is 2. The second-order valence-electron chi connectivity index (χ2n) is 5.80. The lowest BCUT2D eigenvalue weighted by molar-refractivity contribution is -0.157. The minimum absolute atomic E-state index is 0.0282. The number of aliphatic hydroxyl groups excluding tert-OH is 2. The molecule has 0 aliphatic carbocycles. The Morgan fingerprint density at radius 2 is 1.62 bits per heavy atom. The predicted octanol–water partition coefficient (Wildman–Crippen LogP) is 1.35. The number of ether oxygens (including phenoxy) is 1. The lowest BCUT2D eigenvalue weighted by Crippen LogP contribution is -2.34. The van der Waals surface area contributed by atoms with Gasteiger partial charge in [0.15, 0.2) is 0 Å². The summed E-state index contributed by atoms with van der Waals surface area (Å²) in [5.41, 5.74) is -0.904. The summed E-state index contributed by atoms with van der Waals surface area (Å²) in [6.45, 7) is 8.99. The van der Waals surface area contributed by atoms with Crippen molar-refractivity contribution in [1.29, 1.82) is 0 Å². The molecule has 0 radical (unpaired) electrons. The van der Waals surface area contributed by atoms with E-state index in [9.17, 15) is 4.79 Å². The first-order chi connectivity index (χ1) is 7.14. The van der Waals surface area contributed by atoms with E-state index in [-0.39, 0.29) is 37.1 Å². The molecule has 96 valence electrons. The molecule has 0 aliphatic heterocycles. The molecule has 16 heavy (non-hydrogen) atoms. The minimum Gasteiger partial charge on any atom is -0.462 e. The van der Waals surface area contributed by atoms with Crippen LogP contribution in [-0.4, -0.2) is 35.5 Å². The van der Waals surface area contributed by atoms with Gasteiger partial charge in [0, 0.05) is 5.41 Å². The maximum Gasteiger partial charge on any atom is 0.306 e. The van der Waals surface area contributed by atoms with Crippen molar-refractivity contribution in [2.24, 2.45) is 10.8 Å². The van der Waals surface area contributed by atoms with Crippen LogP contribution in [0.2, 0.25) is 0 Å². The minimum atomic E-state index is -0.797. The topological polar surface area (TPSA) is 66.8 Å². The Labute approximate surface area is 97.6 Å². The Morgan fingerprint density at radius 1 is 1.19 bits per heavy atom. The van der Waals surface area contributed by atoms with Gasteiger partial charge in [0.2, 0.25) is 0 Å². The summed E-state index contributed by atoms with van der Waals surface area (Å²) in [4.78, 5) is 11.6. The Balaban J connectivity index is 4.29. The van der Waals surface area contributed by atoms with Gasteiger partial charge in [0.05, 0.1) is 19.6 Å². The molecule has 2 N–H and O–H groups in total. The average Bonchev–Trinajstić information content (AvgIpc) is 2.15. The van der Waals surface area contributed by atoms with Crippen LogP contribution in [-0.2, 0) is 9.53 Å². The molecular formula is C12H24O4. The molecule has 0 aromatic rings. The van der Waals surface area contributed by atoms with Crippen LogP contribution in [0.15, 0.2) is 0 Å². The average molecular weight is 232 g/mol. The van der Waals surface area contributed by atoms with Gasteiger partial charge in [-0.15, -0.1) is 0 Å². The van der Waals surface area contributed by atoms with Crippen LogP contribution in [0.25, 0.3) is 0 Å². The molecular weight excluding hydrogens is 208 g/mol. The Kier molecular flexibility index (Phi) is 5.42. The summed E-state index contributed by atoms with van der Waals surface area (Å²) < 4.78 is 5.25. The van der Waals surface area contributed by atoms with Crippen LogP contribution in [0.3, 0.4) is 0 Å². The van der Waals surface area contributed by atoms with E-state index in [0.29, 0.717) is 0 Å². The van der Waals surface area contributed by atoms with E-state index in [1.165, 1.54) is 0 Å². The second-order valence-corrected chi connectivity index (χ2v) is 5.80. The number of rotatable bonds is 5. The smallest absolute Gasteiger partial charge is 0.306 e. The lowest BCUT2D eigenvalue weighted by Gasteiger charge is -2.29. The molecule has 0 bridgehead atoms. The van der Waals surface area contributed by atoms with Crippen LogP contribution < -0.4 is 0 Å². The number of hydrogen-bond acceptors (Lipinski definition) is 4. The van der Waals surface area contributed by atoms with Gasteiger partial charge < -0.3 is 14.9 Å². The zero-order valence-electron chi connectivity index (χ0n) is 10.9. The van der Waals surface area contributed by atoms with Crippen LogP contribution in [0.4, 0.5) is 0 Å². The Hall–Kier alpha value is -0.610. The highest BCUT2D eigenvalue weighted by atomic mass is 16.5. The van der Waals surface area contributed by atoms with Crippen molar-refractivity contribution in [3.8, 4) is 0 Å². The van der Waals surface area contributed by atoms with E-state index in [1.54, 1.807) is 6.92 Å². The van der Waals surface area contributed by atoms with Crippen LogP contribution in [0.1, 0.15) is 41.0 Å². The maximum absolute atomic E-state index is 11.6. The standard InChI is InChI=1S/C12H24O4/c1-9(11(2,3)4)16-10(15)6-12(5,7-13)8-14/h9,13-14H,6-8H2,1-5H3/t9-/m1/s1. The van der Waals surface area contributed by atoms with E-state index in [4.69, 9.17) is 14.9 Å². The first kappa shape index (κ1) is 15.4. The third-order valence-electron chi connectivity index (χ3n) is 2.86. The van der Waals surface area contributed by atoms with Gasteiger partial charge in [0.1, 0.15) is 6.10 Å². The summed E-state index contributed by atoms with van der Waals surface area (Å²) in [7, 11) is 0. The summed E-state index contributed by atoms with van der Waals surface area (Å²) in [5, 5.41) is 18.1. The summed E-state index contributed by atoms with van der Waals surface area (Å²) in [6.07, 6.45) is -0.165. The quantitative estimate of drug-likeness (QED) is 0.702. The van der Waals surface area contributed by atoms with Crippen LogP contribution >= 0.6 is 0 Å². The van der Waals surface area contributed by atoms with Gasteiger partial charge in [-0.3, -0.25) is 4.79 Å². The third kappa shape index (κ3) is 4.94. The van der Waals surface area contributed by atoms with Gasteiger partial charge >= 0.3 is 5.97 Å². The molecule has 0 aliphatic rings. The van der Waals surface area contributed by atoms with E-state index in [0.717, 1.165) is 0 Å². The molecule has 0 spiro atoms. The van der Waals surface area contributed by atoms with Crippen LogP contribution in [0, 0.1) is 10.8 Å². The van der Waals surface area contributed by atoms with Crippen molar-refractivity contribution in [2.45, 2.75) is 47.1 Å². The van der Waals surface area contributed by atoms with Gasteiger partial charge in [-0.05, 0) is 12.3 Å². The van der Waals surface area contributed by atoms with E-state index < -0.39 is 5.41 Å². The van der Waals surface area contributed by atoms with Gasteiger partial charge in [-0.1, -0.05) is 27.7 Å². The van der Waals surface area contributed by atoms with Crippen molar-refractivity contribution < 1.29 is 19.7 Å². The van der Waals surface area contributed by atoms with E-state index >= 15 is 0 Å². The third-order valence-corrected chi connectivity index (χ3v) is 2.86. The largest absolute Gasteiger partial charge is 0.462 e. The summed E-state index contributed by atoms with van der Waals surface area (Å²) in [6, 6.07) is 0. The molecule has 0 aromatic carbocycles. The van der Waals surface area contributed by atoms with Gasteiger partial charge in [-0.25, -0.2) is 0 Å². The molecule has 0 aromatic heterocycles.